The van der Waals surface area contributed by atoms with E-state index in [9.17, 15) is 19.4 Å². The number of rotatable bonds is 18. The molecule has 0 bridgehead atoms. The normalized spacial score (nSPS) is 18.1. The molecule has 1 fully saturated rings. The number of ether oxygens (including phenoxy) is 7. The second-order valence-corrected chi connectivity index (χ2v) is 12.3. The summed E-state index contributed by atoms with van der Waals surface area (Å²) in [5.41, 5.74) is 2.40. The molecule has 1 saturated heterocycles. The third-order valence-corrected chi connectivity index (χ3v) is 8.77. The summed E-state index contributed by atoms with van der Waals surface area (Å²) < 4.78 is 54.0. The van der Waals surface area contributed by atoms with Crippen LogP contribution in [0, 0.1) is 5.82 Å². The first-order valence-electron chi connectivity index (χ1n) is 16.9. The molecular weight excluding hydrogens is 661 g/mol. The second kappa shape index (κ2) is 18.7. The first-order valence-corrected chi connectivity index (χ1v) is 16.9. The molecular formula is C39H46FNO10. The molecule has 5 rings (SSSR count). The molecule has 274 valence electrons. The number of piperidine rings is 1. The molecule has 4 aromatic carbocycles. The number of methoxy groups -OCH3 is 3. The Labute approximate surface area is 297 Å². The number of carbonyl (C=O) groups is 1. The highest BCUT2D eigenvalue weighted by atomic mass is 19.1. The highest BCUT2D eigenvalue weighted by Crippen LogP contribution is 2.35. The minimum atomic E-state index is -1.08. The van der Waals surface area contributed by atoms with Gasteiger partial charge in [0.15, 0.2) is 0 Å². The van der Waals surface area contributed by atoms with Gasteiger partial charge in [0.2, 0.25) is 0 Å². The van der Waals surface area contributed by atoms with Crippen LogP contribution >= 0.6 is 0 Å². The fourth-order valence-corrected chi connectivity index (χ4v) is 6.32. The van der Waals surface area contributed by atoms with Crippen molar-refractivity contribution in [2.24, 2.45) is 0 Å². The van der Waals surface area contributed by atoms with E-state index in [0.29, 0.717) is 36.7 Å². The van der Waals surface area contributed by atoms with Crippen LogP contribution in [0.5, 0.6) is 17.2 Å². The van der Waals surface area contributed by atoms with Gasteiger partial charge in [0.1, 0.15) is 29.2 Å². The standard InChI is InChI=1S/C39H46FNO10/c1-45-24-31(42)25-51-37-21-41(39(43)44)20-36(50-22-26-17-28-7-4-5-8-33(28)35(18-26)47-3)38(37)27-9-12-32(13-10-27)49-16-6-15-48-23-29-19-30(40)11-14-34(29)46-2/h4-5,7-14,17-19,31,36-38,42H,6,15-16,20-25H2,1-3H3,(H,43,44)/t31-,36+,37-,38-/m1/s1. The Morgan fingerprint density at radius 3 is 2.33 bits per heavy atom. The minimum Gasteiger partial charge on any atom is -0.496 e. The molecule has 0 saturated carbocycles. The topological polar surface area (TPSA) is 125 Å². The van der Waals surface area contributed by atoms with Crippen LogP contribution in [0.4, 0.5) is 9.18 Å². The summed E-state index contributed by atoms with van der Waals surface area (Å²) in [7, 11) is 4.65. The Morgan fingerprint density at radius 2 is 1.61 bits per heavy atom. The Balaban J connectivity index is 1.27. The van der Waals surface area contributed by atoms with E-state index >= 15 is 0 Å². The molecule has 0 aromatic heterocycles. The molecule has 4 atom stereocenters. The van der Waals surface area contributed by atoms with Crippen molar-refractivity contribution in [3.05, 3.63) is 101 Å². The van der Waals surface area contributed by atoms with Crippen LogP contribution in [0.2, 0.25) is 0 Å². The monoisotopic (exact) mass is 707 g/mol. The average molecular weight is 708 g/mol. The molecule has 0 radical (unpaired) electrons. The second-order valence-electron chi connectivity index (χ2n) is 12.3. The Morgan fingerprint density at radius 1 is 0.863 bits per heavy atom. The van der Waals surface area contributed by atoms with Gasteiger partial charge in [0.25, 0.3) is 0 Å². The van der Waals surface area contributed by atoms with Crippen molar-refractivity contribution in [1.82, 2.24) is 4.90 Å². The summed E-state index contributed by atoms with van der Waals surface area (Å²) in [6.07, 6.45) is -2.53. The lowest BCUT2D eigenvalue weighted by atomic mass is 9.84. The third-order valence-electron chi connectivity index (χ3n) is 8.77. The van der Waals surface area contributed by atoms with Crippen molar-refractivity contribution in [1.29, 1.82) is 0 Å². The van der Waals surface area contributed by atoms with Crippen LogP contribution < -0.4 is 14.2 Å². The predicted octanol–water partition coefficient (Wildman–Crippen LogP) is 6.04. The summed E-state index contributed by atoms with van der Waals surface area (Å²) in [5.74, 6) is 1.24. The van der Waals surface area contributed by atoms with Crippen molar-refractivity contribution >= 4 is 16.9 Å². The maximum absolute atomic E-state index is 13.6. The van der Waals surface area contributed by atoms with E-state index in [1.165, 1.54) is 31.3 Å². The number of hydrogen-bond acceptors (Lipinski definition) is 9. The molecule has 1 aliphatic rings. The van der Waals surface area contributed by atoms with Gasteiger partial charge in [-0.2, -0.15) is 0 Å². The van der Waals surface area contributed by atoms with E-state index in [4.69, 9.17) is 33.2 Å². The summed E-state index contributed by atoms with van der Waals surface area (Å²) in [6.45, 7) is 1.53. The number of aliphatic hydroxyl groups is 1. The van der Waals surface area contributed by atoms with Crippen LogP contribution in [0.25, 0.3) is 10.8 Å². The number of aliphatic hydroxyl groups excluding tert-OH is 1. The van der Waals surface area contributed by atoms with Gasteiger partial charge < -0.3 is 48.3 Å². The number of halogens is 1. The van der Waals surface area contributed by atoms with Crippen molar-refractivity contribution in [3.8, 4) is 17.2 Å². The molecule has 1 heterocycles. The van der Waals surface area contributed by atoms with Crippen LogP contribution in [0.3, 0.4) is 0 Å². The van der Waals surface area contributed by atoms with Crippen LogP contribution in [0.15, 0.2) is 78.9 Å². The average Bonchev–Trinajstić information content (AvgIpc) is 3.14. The molecule has 12 heteroatoms. The zero-order valence-corrected chi connectivity index (χ0v) is 29.2. The van der Waals surface area contributed by atoms with Gasteiger partial charge in [0, 0.05) is 30.4 Å². The van der Waals surface area contributed by atoms with E-state index in [-0.39, 0.29) is 51.3 Å². The molecule has 0 spiro atoms. The van der Waals surface area contributed by atoms with Gasteiger partial charge in [-0.15, -0.1) is 0 Å². The summed E-state index contributed by atoms with van der Waals surface area (Å²) in [6, 6.07) is 23.8. The van der Waals surface area contributed by atoms with Crippen molar-refractivity contribution < 1.29 is 52.6 Å². The first kappa shape index (κ1) is 37.8. The third kappa shape index (κ3) is 10.3. The maximum atomic E-state index is 13.6. The van der Waals surface area contributed by atoms with Crippen LogP contribution in [0.1, 0.15) is 29.0 Å². The van der Waals surface area contributed by atoms with E-state index in [1.807, 2.05) is 60.7 Å². The van der Waals surface area contributed by atoms with Crippen LogP contribution in [-0.4, -0.2) is 100 Å². The van der Waals surface area contributed by atoms with Gasteiger partial charge in [-0.25, -0.2) is 9.18 Å². The molecule has 1 amide bonds. The fraction of sp³-hybridized carbons (Fsp3) is 0.410. The smallest absolute Gasteiger partial charge is 0.407 e. The van der Waals surface area contributed by atoms with E-state index in [1.54, 1.807) is 13.2 Å². The number of carboxylic acid groups (broad SMARTS) is 1. The quantitative estimate of drug-likeness (QED) is 0.118. The van der Waals surface area contributed by atoms with Crippen molar-refractivity contribution in [3.63, 3.8) is 0 Å². The van der Waals surface area contributed by atoms with E-state index < -0.39 is 24.4 Å². The number of amides is 1. The van der Waals surface area contributed by atoms with Gasteiger partial charge in [0.05, 0.1) is 79.2 Å². The molecule has 51 heavy (non-hydrogen) atoms. The van der Waals surface area contributed by atoms with E-state index in [0.717, 1.165) is 27.6 Å². The summed E-state index contributed by atoms with van der Waals surface area (Å²) in [5, 5.41) is 22.4. The molecule has 11 nitrogen and oxygen atoms in total. The van der Waals surface area contributed by atoms with Crippen molar-refractivity contribution in [2.75, 3.05) is 60.8 Å². The SMILES string of the molecule is COC[C@@H](O)CO[C@@H]1CN(C(=O)O)C[C@H](OCc2cc(OC)c3ccccc3c2)[C@H]1c1ccc(OCCCOCc2cc(F)ccc2OC)cc1. The molecule has 0 unspecified atom stereocenters. The van der Waals surface area contributed by atoms with Gasteiger partial charge in [-0.3, -0.25) is 0 Å². The number of hydrogen-bond donors (Lipinski definition) is 2. The lowest BCUT2D eigenvalue weighted by molar-refractivity contribution is -0.107. The number of benzene rings is 4. The highest BCUT2D eigenvalue weighted by Gasteiger charge is 2.41. The predicted molar refractivity (Wildman–Crippen MR) is 188 cm³/mol. The molecule has 2 N–H and O–H groups in total. The fourth-order valence-electron chi connectivity index (χ4n) is 6.32. The van der Waals surface area contributed by atoms with Gasteiger partial charge in [-0.1, -0.05) is 36.4 Å². The molecule has 1 aliphatic heterocycles. The zero-order valence-electron chi connectivity index (χ0n) is 29.2. The van der Waals surface area contributed by atoms with Gasteiger partial charge >= 0.3 is 6.09 Å². The lowest BCUT2D eigenvalue weighted by Gasteiger charge is -2.43. The Hall–Kier alpha value is -4.46. The number of nitrogens with zero attached hydrogens (tertiary/aromatic N) is 1. The van der Waals surface area contributed by atoms with Crippen molar-refractivity contribution in [2.45, 2.75) is 43.9 Å². The number of fused-ring (bicyclic) bond motifs is 1. The Kier molecular flexibility index (Phi) is 13.8. The van der Waals surface area contributed by atoms with Crippen LogP contribution in [-0.2, 0) is 32.2 Å². The number of likely N-dealkylation sites (tertiary alicyclic amines) is 1. The van der Waals surface area contributed by atoms with E-state index in [2.05, 4.69) is 0 Å². The Bertz CT molecular complexity index is 1700. The summed E-state index contributed by atoms with van der Waals surface area (Å²) >= 11 is 0. The first-order chi connectivity index (χ1) is 24.8. The minimum absolute atomic E-state index is 0.0354. The largest absolute Gasteiger partial charge is 0.496 e. The molecule has 4 aromatic rings. The summed E-state index contributed by atoms with van der Waals surface area (Å²) in [4.78, 5) is 13.5. The lowest BCUT2D eigenvalue weighted by Crippen LogP contribution is -2.54. The zero-order chi connectivity index (χ0) is 36.2. The van der Waals surface area contributed by atoms with Gasteiger partial charge in [-0.05, 0) is 59.0 Å². The molecule has 0 aliphatic carbocycles. The highest BCUT2D eigenvalue weighted by molar-refractivity contribution is 5.89. The maximum Gasteiger partial charge on any atom is 0.407 e.